The Kier molecular flexibility index (Phi) is 7.17. The zero-order valence-corrected chi connectivity index (χ0v) is 18.0. The highest BCUT2D eigenvalue weighted by atomic mass is 16.2. The van der Waals surface area contributed by atoms with Gasteiger partial charge in [0.1, 0.15) is 6.04 Å². The molecule has 166 valence electrons. The number of anilines is 1. The van der Waals surface area contributed by atoms with E-state index in [-0.39, 0.29) is 18.2 Å². The number of benzene rings is 3. The smallest absolute Gasteiger partial charge is 0.251 e. The number of rotatable bonds is 9. The second-order valence-electron chi connectivity index (χ2n) is 7.45. The minimum atomic E-state index is -0.798. The first-order chi connectivity index (χ1) is 16.2. The minimum Gasteiger partial charge on any atom is -0.341 e. The third-order valence-electron chi connectivity index (χ3n) is 4.99. The lowest BCUT2D eigenvalue weighted by Gasteiger charge is -2.19. The van der Waals surface area contributed by atoms with Gasteiger partial charge in [0.15, 0.2) is 0 Å². The molecule has 3 aromatic carbocycles. The summed E-state index contributed by atoms with van der Waals surface area (Å²) in [4.78, 5) is 27.0. The number of aryl methyl sites for hydroxylation is 1. The van der Waals surface area contributed by atoms with Gasteiger partial charge in [0.25, 0.3) is 5.91 Å². The molecule has 0 fully saturated rings. The van der Waals surface area contributed by atoms with E-state index in [0.717, 1.165) is 5.56 Å². The molecule has 33 heavy (non-hydrogen) atoms. The molecule has 8 nitrogen and oxygen atoms in total. The van der Waals surface area contributed by atoms with Crippen LogP contribution in [0.15, 0.2) is 91.0 Å². The lowest BCUT2D eigenvalue weighted by atomic mass is 10.1. The predicted octanol–water partition coefficient (Wildman–Crippen LogP) is 3.62. The van der Waals surface area contributed by atoms with Crippen molar-refractivity contribution < 1.29 is 9.59 Å². The standard InChI is InChI=1S/C25H24N6O2/c32-22(17-10-18-31-29-24(28-30-31)20-13-6-2-7-14-20)27-23(19-11-4-1-5-12-19)25(33)26-21-15-8-3-9-16-21/h1-9,11-16,23H,10,17-18H2,(H,26,33)(H,27,32). The SMILES string of the molecule is O=C(CCCn1nnc(-c2ccccc2)n1)NC(C(=O)Nc1ccccc1)c1ccccc1. The Morgan fingerprint density at radius 3 is 2.18 bits per heavy atom. The lowest BCUT2D eigenvalue weighted by molar-refractivity contribution is -0.126. The Balaban J connectivity index is 1.34. The highest BCUT2D eigenvalue weighted by Gasteiger charge is 2.22. The lowest BCUT2D eigenvalue weighted by Crippen LogP contribution is -2.37. The molecule has 1 unspecified atom stereocenters. The van der Waals surface area contributed by atoms with E-state index >= 15 is 0 Å². The van der Waals surface area contributed by atoms with E-state index in [9.17, 15) is 9.59 Å². The molecular formula is C25H24N6O2. The van der Waals surface area contributed by atoms with E-state index in [1.807, 2.05) is 78.9 Å². The number of carbonyl (C=O) groups excluding carboxylic acids is 2. The third-order valence-corrected chi connectivity index (χ3v) is 4.99. The Bertz CT molecular complexity index is 1180. The van der Waals surface area contributed by atoms with Crippen LogP contribution in [-0.4, -0.2) is 32.0 Å². The molecule has 0 aliphatic rings. The maximum atomic E-state index is 12.9. The van der Waals surface area contributed by atoms with Gasteiger partial charge in [0, 0.05) is 17.7 Å². The number of hydrogen-bond donors (Lipinski definition) is 2. The van der Waals surface area contributed by atoms with Gasteiger partial charge in [-0.1, -0.05) is 78.9 Å². The van der Waals surface area contributed by atoms with Gasteiger partial charge in [-0.25, -0.2) is 0 Å². The highest BCUT2D eigenvalue weighted by Crippen LogP contribution is 2.17. The molecule has 0 saturated heterocycles. The van der Waals surface area contributed by atoms with Crippen molar-refractivity contribution in [2.75, 3.05) is 5.32 Å². The van der Waals surface area contributed by atoms with Crippen molar-refractivity contribution in [1.29, 1.82) is 0 Å². The first kappa shape index (κ1) is 21.9. The van der Waals surface area contributed by atoms with Crippen molar-refractivity contribution in [3.8, 4) is 11.4 Å². The van der Waals surface area contributed by atoms with E-state index < -0.39 is 6.04 Å². The summed E-state index contributed by atoms with van der Waals surface area (Å²) in [6, 6.07) is 27.1. The fraction of sp³-hybridized carbons (Fsp3) is 0.160. The Morgan fingerprint density at radius 2 is 1.48 bits per heavy atom. The van der Waals surface area contributed by atoms with E-state index in [2.05, 4.69) is 26.0 Å². The van der Waals surface area contributed by atoms with Crippen LogP contribution in [0.5, 0.6) is 0 Å². The average Bonchev–Trinajstić information content (AvgIpc) is 3.33. The van der Waals surface area contributed by atoms with Crippen LogP contribution in [0.3, 0.4) is 0 Å². The quantitative estimate of drug-likeness (QED) is 0.414. The summed E-state index contributed by atoms with van der Waals surface area (Å²) < 4.78 is 0. The van der Waals surface area contributed by atoms with Gasteiger partial charge in [0.05, 0.1) is 6.54 Å². The number of amides is 2. The zero-order valence-electron chi connectivity index (χ0n) is 18.0. The topological polar surface area (TPSA) is 102 Å². The number of aromatic nitrogens is 4. The fourth-order valence-electron chi connectivity index (χ4n) is 3.34. The fourth-order valence-corrected chi connectivity index (χ4v) is 3.34. The first-order valence-electron chi connectivity index (χ1n) is 10.7. The molecule has 0 aliphatic heterocycles. The van der Waals surface area contributed by atoms with E-state index in [4.69, 9.17) is 0 Å². The van der Waals surface area contributed by atoms with Crippen LogP contribution >= 0.6 is 0 Å². The predicted molar refractivity (Wildman–Crippen MR) is 125 cm³/mol. The summed E-state index contributed by atoms with van der Waals surface area (Å²) in [5, 5.41) is 18.2. The van der Waals surface area contributed by atoms with Gasteiger partial charge in [0.2, 0.25) is 11.7 Å². The Labute approximate surface area is 191 Å². The number of para-hydroxylation sites is 1. The second kappa shape index (κ2) is 10.8. The molecule has 2 amide bonds. The van der Waals surface area contributed by atoms with Crippen LogP contribution in [0.4, 0.5) is 5.69 Å². The largest absolute Gasteiger partial charge is 0.341 e. The van der Waals surface area contributed by atoms with Crippen molar-refractivity contribution in [3.63, 3.8) is 0 Å². The number of nitrogens with zero attached hydrogens (tertiary/aromatic N) is 4. The molecular weight excluding hydrogens is 416 g/mol. The van der Waals surface area contributed by atoms with Crippen LogP contribution in [0.25, 0.3) is 11.4 Å². The molecule has 4 rings (SSSR count). The Morgan fingerprint density at radius 1 is 0.848 bits per heavy atom. The number of carbonyl (C=O) groups is 2. The van der Waals surface area contributed by atoms with Crippen LogP contribution in [0.1, 0.15) is 24.4 Å². The molecule has 4 aromatic rings. The van der Waals surface area contributed by atoms with Crippen LogP contribution in [0.2, 0.25) is 0 Å². The summed E-state index contributed by atoms with van der Waals surface area (Å²) in [6.45, 7) is 0.444. The van der Waals surface area contributed by atoms with E-state index in [1.165, 1.54) is 4.80 Å². The molecule has 1 atom stereocenters. The molecule has 1 heterocycles. The summed E-state index contributed by atoms with van der Waals surface area (Å²) >= 11 is 0. The average molecular weight is 441 g/mol. The van der Waals surface area contributed by atoms with Crippen molar-refractivity contribution >= 4 is 17.5 Å². The zero-order chi connectivity index (χ0) is 22.9. The monoisotopic (exact) mass is 440 g/mol. The van der Waals surface area contributed by atoms with Gasteiger partial charge < -0.3 is 10.6 Å². The van der Waals surface area contributed by atoms with Gasteiger partial charge in [-0.2, -0.15) is 4.80 Å². The molecule has 0 spiro atoms. The van der Waals surface area contributed by atoms with Gasteiger partial charge in [-0.3, -0.25) is 9.59 Å². The molecule has 8 heteroatoms. The van der Waals surface area contributed by atoms with E-state index in [0.29, 0.717) is 30.0 Å². The van der Waals surface area contributed by atoms with Gasteiger partial charge in [-0.15, -0.1) is 10.2 Å². The molecule has 0 radical (unpaired) electrons. The van der Waals surface area contributed by atoms with Crippen molar-refractivity contribution in [2.24, 2.45) is 0 Å². The summed E-state index contributed by atoms with van der Waals surface area (Å²) in [5.74, 6) is 0.0171. The van der Waals surface area contributed by atoms with E-state index in [1.54, 1.807) is 12.1 Å². The first-order valence-corrected chi connectivity index (χ1v) is 10.7. The summed E-state index contributed by atoms with van der Waals surface area (Å²) in [7, 11) is 0. The molecule has 0 bridgehead atoms. The van der Waals surface area contributed by atoms with Crippen molar-refractivity contribution in [3.05, 3.63) is 96.6 Å². The third kappa shape index (κ3) is 6.10. The molecule has 0 aliphatic carbocycles. The molecule has 2 N–H and O–H groups in total. The number of hydrogen-bond acceptors (Lipinski definition) is 5. The summed E-state index contributed by atoms with van der Waals surface area (Å²) in [6.07, 6.45) is 0.738. The van der Waals surface area contributed by atoms with Crippen molar-refractivity contribution in [2.45, 2.75) is 25.4 Å². The van der Waals surface area contributed by atoms with Crippen LogP contribution in [0, 0.1) is 0 Å². The summed E-state index contributed by atoms with van der Waals surface area (Å²) in [5.41, 5.74) is 2.27. The molecule has 0 saturated carbocycles. The van der Waals surface area contributed by atoms with Gasteiger partial charge in [-0.05, 0) is 29.3 Å². The Hall–Kier alpha value is -4.33. The van der Waals surface area contributed by atoms with Gasteiger partial charge >= 0.3 is 0 Å². The maximum absolute atomic E-state index is 12.9. The normalized spacial score (nSPS) is 11.5. The van der Waals surface area contributed by atoms with Crippen LogP contribution in [-0.2, 0) is 16.1 Å². The number of tetrazole rings is 1. The molecule has 1 aromatic heterocycles. The minimum absolute atomic E-state index is 0.226. The number of nitrogens with one attached hydrogen (secondary N) is 2. The second-order valence-corrected chi connectivity index (χ2v) is 7.45. The van der Waals surface area contributed by atoms with Crippen LogP contribution < -0.4 is 10.6 Å². The maximum Gasteiger partial charge on any atom is 0.251 e. The highest BCUT2D eigenvalue weighted by molar-refractivity contribution is 5.97. The van der Waals surface area contributed by atoms with Crippen molar-refractivity contribution in [1.82, 2.24) is 25.5 Å².